The summed E-state index contributed by atoms with van der Waals surface area (Å²) in [6, 6.07) is 6.00. The van der Waals surface area contributed by atoms with E-state index in [9.17, 15) is 18.0 Å². The Morgan fingerprint density at radius 2 is 1.78 bits per heavy atom. The van der Waals surface area contributed by atoms with Gasteiger partial charge in [-0.15, -0.1) is 0 Å². The van der Waals surface area contributed by atoms with Crippen molar-refractivity contribution in [3.05, 3.63) is 71.7 Å². The molecule has 12 heteroatoms. The fourth-order valence-corrected chi connectivity index (χ4v) is 3.08. The number of anilines is 1. The van der Waals surface area contributed by atoms with Crippen molar-refractivity contribution in [3.8, 4) is 0 Å². The van der Waals surface area contributed by atoms with Crippen molar-refractivity contribution in [1.82, 2.24) is 35.0 Å². The van der Waals surface area contributed by atoms with Gasteiger partial charge in [-0.05, 0) is 35.4 Å². The SMILES string of the molecule is Cn1nc(NCc2ccncc2)c2ncnc(C(=O)NCc3ccnc(C(F)(F)F)c3)c21. The average Bonchev–Trinajstić information content (AvgIpc) is 3.12. The van der Waals surface area contributed by atoms with E-state index in [1.54, 1.807) is 19.4 Å². The molecule has 0 radical (unpaired) electrons. The lowest BCUT2D eigenvalue weighted by Gasteiger charge is -2.09. The maximum absolute atomic E-state index is 12.8. The molecule has 0 bridgehead atoms. The maximum Gasteiger partial charge on any atom is 0.433 e. The average molecular weight is 442 g/mol. The third-order valence-corrected chi connectivity index (χ3v) is 4.61. The fourth-order valence-electron chi connectivity index (χ4n) is 3.08. The van der Waals surface area contributed by atoms with E-state index >= 15 is 0 Å². The summed E-state index contributed by atoms with van der Waals surface area (Å²) in [6.07, 6.45) is 1.09. The quantitative estimate of drug-likeness (QED) is 0.472. The molecule has 164 valence electrons. The van der Waals surface area contributed by atoms with Crippen molar-refractivity contribution < 1.29 is 18.0 Å². The van der Waals surface area contributed by atoms with Gasteiger partial charge in [0.05, 0.1) is 0 Å². The van der Waals surface area contributed by atoms with Crippen molar-refractivity contribution in [1.29, 1.82) is 0 Å². The lowest BCUT2D eigenvalue weighted by atomic mass is 10.2. The largest absolute Gasteiger partial charge is 0.433 e. The smallest absolute Gasteiger partial charge is 0.363 e. The number of halogens is 3. The van der Waals surface area contributed by atoms with E-state index < -0.39 is 17.8 Å². The van der Waals surface area contributed by atoms with E-state index in [-0.39, 0.29) is 17.8 Å². The molecular formula is C20H17F3N8O. The summed E-state index contributed by atoms with van der Waals surface area (Å²) in [6.45, 7) is 0.352. The Hall–Kier alpha value is -4.09. The lowest BCUT2D eigenvalue weighted by molar-refractivity contribution is -0.141. The second-order valence-corrected chi connectivity index (χ2v) is 6.83. The summed E-state index contributed by atoms with van der Waals surface area (Å²) in [4.78, 5) is 28.3. The number of alkyl halides is 3. The zero-order valence-electron chi connectivity index (χ0n) is 16.8. The molecule has 4 rings (SSSR count). The molecule has 0 aliphatic carbocycles. The number of nitrogens with one attached hydrogen (secondary N) is 2. The van der Waals surface area contributed by atoms with Crippen LogP contribution < -0.4 is 10.6 Å². The van der Waals surface area contributed by atoms with Crippen LogP contribution in [0.15, 0.2) is 49.2 Å². The summed E-state index contributed by atoms with van der Waals surface area (Å²) in [5.74, 6) is -0.0915. The molecule has 9 nitrogen and oxygen atoms in total. The van der Waals surface area contributed by atoms with Crippen LogP contribution in [-0.4, -0.2) is 35.6 Å². The Morgan fingerprint density at radius 1 is 1.03 bits per heavy atom. The Kier molecular flexibility index (Phi) is 5.67. The number of fused-ring (bicyclic) bond motifs is 1. The minimum Gasteiger partial charge on any atom is -0.363 e. The summed E-state index contributed by atoms with van der Waals surface area (Å²) >= 11 is 0. The van der Waals surface area contributed by atoms with Gasteiger partial charge in [0, 0.05) is 38.7 Å². The second kappa shape index (κ2) is 8.57. The van der Waals surface area contributed by atoms with Crippen LogP contribution in [0.2, 0.25) is 0 Å². The maximum atomic E-state index is 12.8. The minimum atomic E-state index is -4.56. The van der Waals surface area contributed by atoms with Crippen LogP contribution in [0.5, 0.6) is 0 Å². The molecule has 4 aromatic heterocycles. The van der Waals surface area contributed by atoms with E-state index in [0.29, 0.717) is 23.4 Å². The molecule has 1 amide bonds. The molecule has 0 spiro atoms. The van der Waals surface area contributed by atoms with Gasteiger partial charge in [-0.3, -0.25) is 19.4 Å². The number of carbonyl (C=O) groups is 1. The van der Waals surface area contributed by atoms with Crippen molar-refractivity contribution in [2.45, 2.75) is 19.3 Å². The minimum absolute atomic E-state index is 0.0621. The summed E-state index contributed by atoms with van der Waals surface area (Å²) in [7, 11) is 1.65. The van der Waals surface area contributed by atoms with Crippen molar-refractivity contribution in [3.63, 3.8) is 0 Å². The number of carbonyl (C=O) groups excluding carboxylic acids is 1. The number of rotatable bonds is 6. The number of nitrogens with zero attached hydrogens (tertiary/aromatic N) is 6. The van der Waals surface area contributed by atoms with Crippen LogP contribution in [-0.2, 0) is 26.3 Å². The summed E-state index contributed by atoms with van der Waals surface area (Å²) < 4.78 is 40.0. The molecule has 0 atom stereocenters. The topological polar surface area (TPSA) is 111 Å². The monoisotopic (exact) mass is 442 g/mol. The Labute approximate surface area is 179 Å². The van der Waals surface area contributed by atoms with Gasteiger partial charge in [0.2, 0.25) is 0 Å². The molecule has 0 saturated carbocycles. The molecule has 0 aliphatic rings. The highest BCUT2D eigenvalue weighted by atomic mass is 19.4. The summed E-state index contributed by atoms with van der Waals surface area (Å²) in [5, 5.41) is 10.1. The van der Waals surface area contributed by atoms with Gasteiger partial charge < -0.3 is 10.6 Å². The van der Waals surface area contributed by atoms with Gasteiger partial charge in [-0.2, -0.15) is 18.3 Å². The predicted molar refractivity (Wildman–Crippen MR) is 108 cm³/mol. The van der Waals surface area contributed by atoms with Crippen molar-refractivity contribution >= 4 is 22.8 Å². The molecule has 4 heterocycles. The molecule has 0 unspecified atom stereocenters. The van der Waals surface area contributed by atoms with E-state index in [4.69, 9.17) is 0 Å². The highest BCUT2D eigenvalue weighted by Gasteiger charge is 2.32. The first kappa shape index (κ1) is 21.2. The molecular weight excluding hydrogens is 425 g/mol. The molecule has 4 aromatic rings. The highest BCUT2D eigenvalue weighted by molar-refractivity contribution is 6.05. The number of hydrogen-bond donors (Lipinski definition) is 2. The number of hydrogen-bond acceptors (Lipinski definition) is 7. The molecule has 2 N–H and O–H groups in total. The molecule has 0 aliphatic heterocycles. The molecule has 0 saturated heterocycles. The van der Waals surface area contributed by atoms with Gasteiger partial charge in [-0.25, -0.2) is 9.97 Å². The lowest BCUT2D eigenvalue weighted by Crippen LogP contribution is -2.25. The third kappa shape index (κ3) is 4.48. The fraction of sp³-hybridized carbons (Fsp3) is 0.200. The van der Waals surface area contributed by atoms with Crippen LogP contribution in [0.3, 0.4) is 0 Å². The van der Waals surface area contributed by atoms with E-state index in [1.165, 1.54) is 17.1 Å². The zero-order valence-corrected chi connectivity index (χ0v) is 16.8. The number of aromatic nitrogens is 6. The van der Waals surface area contributed by atoms with E-state index in [0.717, 1.165) is 17.8 Å². The first-order valence-corrected chi connectivity index (χ1v) is 9.43. The van der Waals surface area contributed by atoms with Gasteiger partial charge >= 0.3 is 6.18 Å². The number of amides is 1. The first-order valence-electron chi connectivity index (χ1n) is 9.43. The standard InChI is InChI=1S/C20H17F3N8O/c1-31-17-15(18(30-31)26-9-12-2-5-24-6-3-12)28-11-29-16(17)19(32)27-10-13-4-7-25-14(8-13)20(21,22)23/h2-8,11H,9-10H2,1H3,(H,26,30)(H,27,32). The van der Waals surface area contributed by atoms with Crippen LogP contribution in [0.4, 0.5) is 19.0 Å². The van der Waals surface area contributed by atoms with Crippen LogP contribution >= 0.6 is 0 Å². The zero-order chi connectivity index (χ0) is 22.7. The Morgan fingerprint density at radius 3 is 2.53 bits per heavy atom. The van der Waals surface area contributed by atoms with Crippen molar-refractivity contribution in [2.24, 2.45) is 7.05 Å². The molecule has 0 fully saturated rings. The third-order valence-electron chi connectivity index (χ3n) is 4.61. The predicted octanol–water partition coefficient (Wildman–Crippen LogP) is 2.71. The summed E-state index contributed by atoms with van der Waals surface area (Å²) in [5.41, 5.74) is 1.13. The molecule has 32 heavy (non-hydrogen) atoms. The van der Waals surface area contributed by atoms with Gasteiger partial charge in [0.1, 0.15) is 23.1 Å². The van der Waals surface area contributed by atoms with Crippen molar-refractivity contribution in [2.75, 3.05) is 5.32 Å². The molecule has 0 aromatic carbocycles. The number of pyridine rings is 2. The Bertz CT molecular complexity index is 1260. The second-order valence-electron chi connectivity index (χ2n) is 6.83. The Balaban J connectivity index is 1.53. The van der Waals surface area contributed by atoms with E-state index in [2.05, 4.69) is 35.7 Å². The first-order chi connectivity index (χ1) is 15.3. The number of aryl methyl sites for hydroxylation is 1. The van der Waals surface area contributed by atoms with Crippen LogP contribution in [0.25, 0.3) is 11.0 Å². The van der Waals surface area contributed by atoms with Gasteiger partial charge in [-0.1, -0.05) is 0 Å². The van der Waals surface area contributed by atoms with Crippen LogP contribution in [0.1, 0.15) is 27.3 Å². The highest BCUT2D eigenvalue weighted by Crippen LogP contribution is 2.27. The normalized spacial score (nSPS) is 11.5. The van der Waals surface area contributed by atoms with Crippen LogP contribution in [0, 0.1) is 0 Å². The van der Waals surface area contributed by atoms with Gasteiger partial charge in [0.15, 0.2) is 11.5 Å². The van der Waals surface area contributed by atoms with E-state index in [1.807, 2.05) is 12.1 Å². The van der Waals surface area contributed by atoms with Gasteiger partial charge in [0.25, 0.3) is 5.91 Å².